The molecule has 0 saturated carbocycles. The number of hydrogen-bond donors (Lipinski definition) is 1. The molecule has 0 saturated heterocycles. The van der Waals surface area contributed by atoms with Crippen LogP contribution < -0.4 is 0 Å². The highest BCUT2D eigenvalue weighted by molar-refractivity contribution is 6.04. The molecule has 1 N–H and O–H groups in total. The minimum absolute atomic E-state index is 0.857. The van der Waals surface area contributed by atoms with Crippen molar-refractivity contribution in [2.45, 2.75) is 0 Å². The molecule has 25 heavy (non-hydrogen) atoms. The Morgan fingerprint density at radius 2 is 1.76 bits per heavy atom. The lowest BCUT2D eigenvalue weighted by Crippen LogP contribution is -1.86. The molecule has 4 heterocycles. The topological polar surface area (TPSA) is 72.3 Å². The van der Waals surface area contributed by atoms with E-state index in [2.05, 4.69) is 37.2 Å². The summed E-state index contributed by atoms with van der Waals surface area (Å²) in [6.45, 7) is 0. The van der Waals surface area contributed by atoms with Crippen molar-refractivity contribution in [3.05, 3.63) is 61.4 Å². The molecule has 0 unspecified atom stereocenters. The molecule has 6 heteroatoms. The predicted octanol–water partition coefficient (Wildman–Crippen LogP) is 3.57. The van der Waals surface area contributed by atoms with Crippen LogP contribution in [0, 0.1) is 0 Å². The van der Waals surface area contributed by atoms with E-state index in [-0.39, 0.29) is 0 Å². The Balaban J connectivity index is 1.78. The molecule has 1 aromatic carbocycles. The monoisotopic (exact) mass is 326 g/mol. The van der Waals surface area contributed by atoms with Crippen LogP contribution >= 0.6 is 0 Å². The van der Waals surface area contributed by atoms with Gasteiger partial charge in [-0.3, -0.25) is 14.6 Å². The van der Waals surface area contributed by atoms with Crippen LogP contribution in [-0.4, -0.2) is 29.7 Å². The number of pyridine rings is 1. The summed E-state index contributed by atoms with van der Waals surface area (Å²) in [5.41, 5.74) is 6.96. The summed E-state index contributed by atoms with van der Waals surface area (Å²) in [4.78, 5) is 16.5. The fraction of sp³-hybridized carbons (Fsp3) is 0.0526. The minimum Gasteiger partial charge on any atom is -0.345 e. The average molecular weight is 326 g/mol. The normalized spacial score (nSPS) is 11.4. The lowest BCUT2D eigenvalue weighted by Gasteiger charge is -2.05. The Morgan fingerprint density at radius 1 is 0.880 bits per heavy atom. The van der Waals surface area contributed by atoms with E-state index in [0.717, 1.165) is 44.3 Å². The molecular formula is C19H14N6. The molecule has 0 aliphatic heterocycles. The first-order valence-corrected chi connectivity index (χ1v) is 7.96. The molecule has 0 atom stereocenters. The molecule has 0 spiro atoms. The largest absolute Gasteiger partial charge is 0.345 e. The van der Waals surface area contributed by atoms with Crippen LogP contribution in [0.15, 0.2) is 61.4 Å². The quantitative estimate of drug-likeness (QED) is 0.538. The van der Waals surface area contributed by atoms with Crippen molar-refractivity contribution in [2.24, 2.45) is 7.05 Å². The van der Waals surface area contributed by atoms with Crippen molar-refractivity contribution in [3.8, 4) is 22.3 Å². The molecule has 0 aliphatic rings. The third-order valence-corrected chi connectivity index (χ3v) is 4.37. The van der Waals surface area contributed by atoms with Gasteiger partial charge in [0.15, 0.2) is 0 Å². The summed E-state index contributed by atoms with van der Waals surface area (Å²) >= 11 is 0. The van der Waals surface area contributed by atoms with Gasteiger partial charge < -0.3 is 4.98 Å². The van der Waals surface area contributed by atoms with E-state index in [0.29, 0.717) is 0 Å². The SMILES string of the molecule is Cn1cc(-c2ccnc3[nH]cc(-c4ccc5nccnc5c4)c23)cn1. The van der Waals surface area contributed by atoms with Gasteiger partial charge in [0.25, 0.3) is 0 Å². The van der Waals surface area contributed by atoms with Crippen molar-refractivity contribution >= 4 is 22.1 Å². The van der Waals surface area contributed by atoms with Gasteiger partial charge >= 0.3 is 0 Å². The third kappa shape index (κ3) is 2.19. The van der Waals surface area contributed by atoms with E-state index >= 15 is 0 Å². The van der Waals surface area contributed by atoms with Gasteiger partial charge in [-0.2, -0.15) is 5.10 Å². The lowest BCUT2D eigenvalue weighted by molar-refractivity contribution is 0.768. The molecule has 5 rings (SSSR count). The number of fused-ring (bicyclic) bond motifs is 2. The molecule has 0 radical (unpaired) electrons. The zero-order valence-electron chi connectivity index (χ0n) is 13.5. The van der Waals surface area contributed by atoms with Gasteiger partial charge in [0.2, 0.25) is 0 Å². The summed E-state index contributed by atoms with van der Waals surface area (Å²) in [6, 6.07) is 8.15. The number of hydrogen-bond acceptors (Lipinski definition) is 4. The van der Waals surface area contributed by atoms with Crippen LogP contribution in [0.4, 0.5) is 0 Å². The van der Waals surface area contributed by atoms with Gasteiger partial charge in [0.1, 0.15) is 5.65 Å². The molecule has 0 amide bonds. The van der Waals surface area contributed by atoms with Crippen molar-refractivity contribution < 1.29 is 0 Å². The third-order valence-electron chi connectivity index (χ3n) is 4.37. The zero-order chi connectivity index (χ0) is 16.8. The number of aryl methyl sites for hydroxylation is 1. The summed E-state index contributed by atoms with van der Waals surface area (Å²) in [5, 5.41) is 5.38. The van der Waals surface area contributed by atoms with Crippen LogP contribution in [0.3, 0.4) is 0 Å². The standard InChI is InChI=1S/C19H14N6/c1-25-11-13(9-24-25)14-4-5-22-19-18(14)15(10-23-19)12-2-3-16-17(8-12)21-7-6-20-16/h2-11H,1H3,(H,22,23). The summed E-state index contributed by atoms with van der Waals surface area (Å²) in [6.07, 6.45) is 11.1. The van der Waals surface area contributed by atoms with Gasteiger partial charge in [-0.25, -0.2) is 4.98 Å². The van der Waals surface area contributed by atoms with Crippen LogP contribution in [0.25, 0.3) is 44.3 Å². The molecule has 120 valence electrons. The minimum atomic E-state index is 0.857. The number of nitrogens with one attached hydrogen (secondary N) is 1. The Hall–Kier alpha value is -3.54. The summed E-state index contributed by atoms with van der Waals surface area (Å²) in [7, 11) is 1.92. The summed E-state index contributed by atoms with van der Waals surface area (Å²) in [5.74, 6) is 0. The number of H-pyrrole nitrogens is 1. The Labute approximate surface area is 143 Å². The van der Waals surface area contributed by atoms with Crippen molar-refractivity contribution in [3.63, 3.8) is 0 Å². The van der Waals surface area contributed by atoms with Crippen molar-refractivity contribution in [2.75, 3.05) is 0 Å². The van der Waals surface area contributed by atoms with E-state index in [1.807, 2.05) is 44.0 Å². The maximum atomic E-state index is 4.47. The van der Waals surface area contributed by atoms with E-state index in [9.17, 15) is 0 Å². The molecule has 0 bridgehead atoms. The first-order valence-electron chi connectivity index (χ1n) is 7.96. The van der Waals surface area contributed by atoms with E-state index < -0.39 is 0 Å². The Morgan fingerprint density at radius 3 is 2.60 bits per heavy atom. The van der Waals surface area contributed by atoms with E-state index in [1.165, 1.54) is 0 Å². The molecule has 6 nitrogen and oxygen atoms in total. The molecule has 0 fully saturated rings. The van der Waals surface area contributed by atoms with Gasteiger partial charge in [-0.15, -0.1) is 0 Å². The van der Waals surface area contributed by atoms with Crippen LogP contribution in [0.1, 0.15) is 0 Å². The fourth-order valence-electron chi connectivity index (χ4n) is 3.22. The van der Waals surface area contributed by atoms with E-state index in [1.54, 1.807) is 17.1 Å². The number of rotatable bonds is 2. The van der Waals surface area contributed by atoms with Gasteiger partial charge in [-0.05, 0) is 29.3 Å². The maximum absolute atomic E-state index is 4.47. The maximum Gasteiger partial charge on any atom is 0.138 e. The van der Waals surface area contributed by atoms with Crippen LogP contribution in [0.5, 0.6) is 0 Å². The second-order valence-electron chi connectivity index (χ2n) is 5.95. The molecular weight excluding hydrogens is 312 g/mol. The second kappa shape index (κ2) is 5.24. The van der Waals surface area contributed by atoms with E-state index in [4.69, 9.17) is 0 Å². The number of nitrogens with zero attached hydrogens (tertiary/aromatic N) is 5. The van der Waals surface area contributed by atoms with Gasteiger partial charge in [0.05, 0.1) is 17.2 Å². The average Bonchev–Trinajstić information content (AvgIpc) is 3.27. The molecule has 5 aromatic rings. The molecule has 4 aromatic heterocycles. The van der Waals surface area contributed by atoms with Crippen LogP contribution in [-0.2, 0) is 7.05 Å². The van der Waals surface area contributed by atoms with Gasteiger partial charge in [0, 0.05) is 54.5 Å². The van der Waals surface area contributed by atoms with Crippen LogP contribution in [0.2, 0.25) is 0 Å². The fourth-order valence-corrected chi connectivity index (χ4v) is 3.22. The first kappa shape index (κ1) is 13.9. The summed E-state index contributed by atoms with van der Waals surface area (Å²) < 4.78 is 1.81. The Kier molecular flexibility index (Phi) is 2.90. The highest BCUT2D eigenvalue weighted by atomic mass is 15.2. The Bertz CT molecular complexity index is 1220. The number of aromatic nitrogens is 6. The number of benzene rings is 1. The highest BCUT2D eigenvalue weighted by Crippen LogP contribution is 2.35. The zero-order valence-corrected chi connectivity index (χ0v) is 13.5. The first-order chi connectivity index (χ1) is 12.3. The smallest absolute Gasteiger partial charge is 0.138 e. The lowest BCUT2D eigenvalue weighted by atomic mass is 9.99. The highest BCUT2D eigenvalue weighted by Gasteiger charge is 2.14. The number of aromatic amines is 1. The molecule has 0 aliphatic carbocycles. The van der Waals surface area contributed by atoms with Crippen molar-refractivity contribution in [1.29, 1.82) is 0 Å². The van der Waals surface area contributed by atoms with Gasteiger partial charge in [-0.1, -0.05) is 6.07 Å². The second-order valence-corrected chi connectivity index (χ2v) is 5.95. The predicted molar refractivity (Wildman–Crippen MR) is 96.8 cm³/mol. The van der Waals surface area contributed by atoms with Crippen molar-refractivity contribution in [1.82, 2.24) is 29.7 Å².